The fourth-order valence-corrected chi connectivity index (χ4v) is 2.96. The third-order valence-corrected chi connectivity index (χ3v) is 4.83. The van der Waals surface area contributed by atoms with Crippen molar-refractivity contribution in [3.8, 4) is 0 Å². The molecule has 1 heterocycles. The van der Waals surface area contributed by atoms with Crippen molar-refractivity contribution < 1.29 is 43.2 Å². The lowest BCUT2D eigenvalue weighted by atomic mass is 9.98. The van der Waals surface area contributed by atoms with Crippen LogP contribution in [0, 0.1) is 0 Å². The van der Waals surface area contributed by atoms with Crippen LogP contribution in [0.5, 0.6) is 0 Å². The van der Waals surface area contributed by atoms with E-state index in [-0.39, 0.29) is 5.56 Å². The van der Waals surface area contributed by atoms with E-state index in [0.29, 0.717) is 0 Å². The van der Waals surface area contributed by atoms with E-state index in [1.54, 1.807) is 18.2 Å². The molecule has 0 saturated carbocycles. The second-order valence-electron chi connectivity index (χ2n) is 6.10. The molecule has 9 nitrogen and oxygen atoms in total. The second kappa shape index (κ2) is 12.1. The molecule has 1 fully saturated rings. The Balaban J connectivity index is 2.41. The Hall–Kier alpha value is -1.33. The number of esters is 3. The number of alkyl halides is 4. The van der Waals surface area contributed by atoms with Gasteiger partial charge in [0.2, 0.25) is 9.67 Å². The van der Waals surface area contributed by atoms with Gasteiger partial charge >= 0.3 is 17.9 Å². The minimum atomic E-state index is -1.60. The van der Waals surface area contributed by atoms with Crippen molar-refractivity contribution in [3.63, 3.8) is 0 Å². The lowest BCUT2D eigenvalue weighted by Gasteiger charge is -2.43. The van der Waals surface area contributed by atoms with E-state index >= 15 is 0 Å². The quantitative estimate of drug-likeness (QED) is 0.312. The number of hydrogen-bond donors (Lipinski definition) is 1. The molecular formula is C18H18Cl4O9. The first-order valence-corrected chi connectivity index (χ1v) is 10.5. The summed E-state index contributed by atoms with van der Waals surface area (Å²) in [6.07, 6.45) is -7.04. The SMILES string of the molecule is CO[C@H]1O[C@H](CO)[C@@H](OC(=O)c2ccccc2)[C@H](OC(=O)C(Cl)Cl)[C@H]1OC(=O)C(Cl)Cl. The van der Waals surface area contributed by atoms with Crippen LogP contribution in [0.25, 0.3) is 0 Å². The number of aliphatic hydroxyl groups excluding tert-OH is 1. The van der Waals surface area contributed by atoms with Gasteiger partial charge in [0.1, 0.15) is 6.10 Å². The first-order valence-electron chi connectivity index (χ1n) is 8.72. The van der Waals surface area contributed by atoms with Gasteiger partial charge in [-0.2, -0.15) is 0 Å². The first kappa shape index (κ1) is 25.9. The van der Waals surface area contributed by atoms with Gasteiger partial charge in [-0.3, -0.25) is 0 Å². The highest BCUT2D eigenvalue weighted by Crippen LogP contribution is 2.31. The summed E-state index contributed by atoms with van der Waals surface area (Å²) in [5, 5.41) is 9.76. The average molecular weight is 520 g/mol. The number of carbonyl (C=O) groups is 3. The van der Waals surface area contributed by atoms with Crippen LogP contribution in [0.4, 0.5) is 0 Å². The van der Waals surface area contributed by atoms with E-state index < -0.39 is 64.9 Å². The van der Waals surface area contributed by atoms with Crippen molar-refractivity contribution >= 4 is 64.3 Å². The molecule has 1 aromatic rings. The third-order valence-electron chi connectivity index (χ3n) is 4.12. The molecule has 0 unspecified atom stereocenters. The number of aliphatic hydroxyl groups is 1. The van der Waals surface area contributed by atoms with E-state index in [4.69, 9.17) is 70.1 Å². The van der Waals surface area contributed by atoms with Crippen molar-refractivity contribution in [2.75, 3.05) is 13.7 Å². The number of rotatable bonds is 8. The molecule has 0 aliphatic carbocycles. The van der Waals surface area contributed by atoms with Gasteiger partial charge in [-0.25, -0.2) is 14.4 Å². The van der Waals surface area contributed by atoms with Gasteiger partial charge < -0.3 is 28.8 Å². The number of hydrogen-bond acceptors (Lipinski definition) is 9. The molecule has 0 radical (unpaired) electrons. The lowest BCUT2D eigenvalue weighted by Crippen LogP contribution is -2.63. The molecule has 172 valence electrons. The van der Waals surface area contributed by atoms with Gasteiger partial charge in [-0.1, -0.05) is 64.6 Å². The summed E-state index contributed by atoms with van der Waals surface area (Å²) in [6.45, 7) is -0.667. The van der Waals surface area contributed by atoms with Crippen LogP contribution in [0.2, 0.25) is 0 Å². The highest BCUT2D eigenvalue weighted by atomic mass is 35.5. The Bertz CT molecular complexity index is 762. The molecule has 1 N–H and O–H groups in total. The number of benzene rings is 1. The summed E-state index contributed by atoms with van der Waals surface area (Å²) in [5.41, 5.74) is 0.167. The van der Waals surface area contributed by atoms with E-state index in [9.17, 15) is 19.5 Å². The highest BCUT2D eigenvalue weighted by Gasteiger charge is 2.53. The van der Waals surface area contributed by atoms with Crippen LogP contribution in [-0.2, 0) is 33.3 Å². The van der Waals surface area contributed by atoms with Crippen molar-refractivity contribution in [1.82, 2.24) is 0 Å². The van der Waals surface area contributed by atoms with E-state index in [1.165, 1.54) is 19.2 Å². The minimum Gasteiger partial charge on any atom is -0.452 e. The Morgan fingerprint density at radius 3 is 1.97 bits per heavy atom. The van der Waals surface area contributed by atoms with Crippen LogP contribution < -0.4 is 0 Å². The molecule has 0 spiro atoms. The van der Waals surface area contributed by atoms with E-state index in [2.05, 4.69) is 0 Å². The van der Waals surface area contributed by atoms with Crippen LogP contribution in [0.15, 0.2) is 30.3 Å². The summed E-state index contributed by atoms with van der Waals surface area (Å²) >= 11 is 22.2. The smallest absolute Gasteiger partial charge is 0.340 e. The number of halogens is 4. The molecule has 0 aromatic heterocycles. The molecule has 31 heavy (non-hydrogen) atoms. The summed E-state index contributed by atoms with van der Waals surface area (Å²) < 4.78 is 26.5. The van der Waals surface area contributed by atoms with E-state index in [0.717, 1.165) is 0 Å². The van der Waals surface area contributed by atoms with Crippen molar-refractivity contribution in [2.45, 2.75) is 40.4 Å². The zero-order valence-corrected chi connectivity index (χ0v) is 18.9. The van der Waals surface area contributed by atoms with Crippen LogP contribution >= 0.6 is 46.4 Å². The standard InChI is InChI=1S/C18H18Cl4O9/c1-27-18-12(31-17(26)14(21)22)11(30-16(25)13(19)20)10(9(7-23)28-18)29-15(24)8-5-3-2-4-6-8/h2-6,9-14,18,23H,7H2,1H3/t9-,10-,11+,12-,18+/m1/s1. The van der Waals surface area contributed by atoms with Crippen molar-refractivity contribution in [1.29, 1.82) is 0 Å². The van der Waals surface area contributed by atoms with E-state index in [1.807, 2.05) is 0 Å². The molecule has 0 amide bonds. The predicted octanol–water partition coefficient (Wildman–Crippen LogP) is 2.01. The van der Waals surface area contributed by atoms with Crippen LogP contribution in [0.3, 0.4) is 0 Å². The molecule has 1 aliphatic heterocycles. The topological polar surface area (TPSA) is 118 Å². The highest BCUT2D eigenvalue weighted by molar-refractivity contribution is 6.53. The number of carbonyl (C=O) groups excluding carboxylic acids is 3. The maximum absolute atomic E-state index is 12.6. The maximum Gasteiger partial charge on any atom is 0.340 e. The zero-order chi connectivity index (χ0) is 23.1. The summed E-state index contributed by atoms with van der Waals surface area (Å²) in [5.74, 6) is -3.06. The molecule has 2 rings (SSSR count). The fourth-order valence-electron chi connectivity index (χ4n) is 2.75. The molecule has 13 heteroatoms. The third kappa shape index (κ3) is 6.82. The van der Waals surface area contributed by atoms with Gasteiger partial charge in [0.25, 0.3) is 0 Å². The summed E-state index contributed by atoms with van der Waals surface area (Å²) in [4.78, 5) is 33.5. The zero-order valence-electron chi connectivity index (χ0n) is 15.9. The lowest BCUT2D eigenvalue weighted by molar-refractivity contribution is -0.299. The minimum absolute atomic E-state index is 0.167. The fraction of sp³-hybridized carbons (Fsp3) is 0.500. The Morgan fingerprint density at radius 1 is 0.935 bits per heavy atom. The van der Waals surface area contributed by atoms with Gasteiger partial charge in [0.05, 0.1) is 12.2 Å². The molecule has 1 aliphatic rings. The maximum atomic E-state index is 12.6. The molecule has 1 aromatic carbocycles. The number of ether oxygens (including phenoxy) is 5. The van der Waals surface area contributed by atoms with Gasteiger partial charge in [-0.05, 0) is 12.1 Å². The summed E-state index contributed by atoms with van der Waals surface area (Å²) in [6, 6.07) is 7.86. The second-order valence-corrected chi connectivity index (χ2v) is 8.29. The predicted molar refractivity (Wildman–Crippen MR) is 109 cm³/mol. The van der Waals surface area contributed by atoms with Gasteiger partial charge in [0, 0.05) is 7.11 Å². The number of methoxy groups -OCH3 is 1. The first-order chi connectivity index (χ1) is 14.7. The largest absolute Gasteiger partial charge is 0.452 e. The average Bonchev–Trinajstić information content (AvgIpc) is 2.75. The van der Waals surface area contributed by atoms with Crippen molar-refractivity contribution in [3.05, 3.63) is 35.9 Å². The van der Waals surface area contributed by atoms with Gasteiger partial charge in [-0.15, -0.1) is 0 Å². The van der Waals surface area contributed by atoms with Crippen LogP contribution in [0.1, 0.15) is 10.4 Å². The monoisotopic (exact) mass is 518 g/mol. The Labute approximate surface area is 197 Å². The van der Waals surface area contributed by atoms with Crippen molar-refractivity contribution in [2.24, 2.45) is 0 Å². The normalized spacial score (nSPS) is 25.9. The molecule has 0 bridgehead atoms. The summed E-state index contributed by atoms with van der Waals surface area (Å²) in [7, 11) is 1.21. The molecular weight excluding hydrogens is 502 g/mol. The van der Waals surface area contributed by atoms with Gasteiger partial charge in [0.15, 0.2) is 24.6 Å². The molecule has 5 atom stereocenters. The van der Waals surface area contributed by atoms with Crippen LogP contribution in [-0.4, -0.2) is 77.1 Å². The Kier molecular flexibility index (Phi) is 10.1. The Morgan fingerprint density at radius 2 is 1.48 bits per heavy atom. The molecule has 1 saturated heterocycles.